The van der Waals surface area contributed by atoms with E-state index < -0.39 is 0 Å². The number of nitrogens with zero attached hydrogens (tertiary/aromatic N) is 2. The van der Waals surface area contributed by atoms with Crippen LogP contribution in [-0.2, 0) is 7.05 Å². The summed E-state index contributed by atoms with van der Waals surface area (Å²) in [5.41, 5.74) is 1.08. The fraction of sp³-hybridized carbons (Fsp3) is 0.286. The van der Waals surface area contributed by atoms with Crippen molar-refractivity contribution in [1.29, 1.82) is 0 Å². The molecule has 1 aromatic carbocycles. The van der Waals surface area contributed by atoms with Crippen LogP contribution in [-0.4, -0.2) is 21.7 Å². The maximum Gasteiger partial charge on any atom is 0.213 e. The summed E-state index contributed by atoms with van der Waals surface area (Å²) < 4.78 is 7.30. The van der Waals surface area contributed by atoms with E-state index in [1.165, 1.54) is 0 Å². The monoisotopic (exact) mass is 242 g/mol. The van der Waals surface area contributed by atoms with Gasteiger partial charge in [0.1, 0.15) is 11.4 Å². The molecule has 0 aliphatic heterocycles. The maximum absolute atomic E-state index is 12.2. The van der Waals surface area contributed by atoms with E-state index in [1.54, 1.807) is 36.1 Å². The molecule has 1 aliphatic carbocycles. The molecule has 18 heavy (non-hydrogen) atoms. The molecule has 4 heteroatoms. The predicted molar refractivity (Wildman–Crippen MR) is 66.7 cm³/mol. The average molecular weight is 242 g/mol. The van der Waals surface area contributed by atoms with Crippen LogP contribution >= 0.6 is 0 Å². The smallest absolute Gasteiger partial charge is 0.213 e. The summed E-state index contributed by atoms with van der Waals surface area (Å²) in [5, 5.41) is 4.12. The molecule has 2 aromatic rings. The van der Waals surface area contributed by atoms with Crippen LogP contribution in [0.1, 0.15) is 28.9 Å². The van der Waals surface area contributed by atoms with E-state index in [0.717, 1.165) is 18.6 Å². The van der Waals surface area contributed by atoms with Crippen LogP contribution in [0.15, 0.2) is 36.5 Å². The van der Waals surface area contributed by atoms with Gasteiger partial charge in [-0.1, -0.05) is 12.1 Å². The van der Waals surface area contributed by atoms with Crippen LogP contribution in [0.2, 0.25) is 0 Å². The molecule has 0 atom stereocenters. The number of aromatic nitrogens is 2. The zero-order valence-corrected chi connectivity index (χ0v) is 10.2. The first-order valence-electron chi connectivity index (χ1n) is 6.03. The van der Waals surface area contributed by atoms with Crippen molar-refractivity contribution in [1.82, 2.24) is 9.78 Å². The Hall–Kier alpha value is -2.10. The second kappa shape index (κ2) is 4.29. The predicted octanol–water partition coefficient (Wildman–Crippen LogP) is 2.19. The van der Waals surface area contributed by atoms with E-state index in [-0.39, 0.29) is 5.78 Å². The van der Waals surface area contributed by atoms with Gasteiger partial charge in [-0.05, 0) is 31.0 Å². The zero-order valence-electron chi connectivity index (χ0n) is 10.2. The molecule has 1 saturated carbocycles. The molecular formula is C14H14N2O2. The van der Waals surface area contributed by atoms with Crippen molar-refractivity contribution in [3.8, 4) is 5.75 Å². The molecule has 0 saturated heterocycles. The average Bonchev–Trinajstić information content (AvgIpc) is 3.08. The highest BCUT2D eigenvalue weighted by Crippen LogP contribution is 2.27. The van der Waals surface area contributed by atoms with Crippen molar-refractivity contribution < 1.29 is 9.53 Å². The number of rotatable bonds is 4. The van der Waals surface area contributed by atoms with Crippen molar-refractivity contribution in [2.45, 2.75) is 18.9 Å². The van der Waals surface area contributed by atoms with Gasteiger partial charge >= 0.3 is 0 Å². The van der Waals surface area contributed by atoms with Crippen LogP contribution in [0.4, 0.5) is 0 Å². The van der Waals surface area contributed by atoms with Gasteiger partial charge in [-0.2, -0.15) is 5.10 Å². The molecule has 0 unspecified atom stereocenters. The molecule has 4 nitrogen and oxygen atoms in total. The van der Waals surface area contributed by atoms with Crippen molar-refractivity contribution in [2.75, 3.05) is 0 Å². The lowest BCUT2D eigenvalue weighted by atomic mass is 10.1. The minimum absolute atomic E-state index is 0.0724. The van der Waals surface area contributed by atoms with Crippen LogP contribution in [0.25, 0.3) is 0 Å². The number of benzene rings is 1. The van der Waals surface area contributed by atoms with Gasteiger partial charge in [-0.25, -0.2) is 0 Å². The summed E-state index contributed by atoms with van der Waals surface area (Å²) in [4.78, 5) is 12.2. The third-order valence-corrected chi connectivity index (χ3v) is 2.87. The van der Waals surface area contributed by atoms with E-state index in [4.69, 9.17) is 4.74 Å². The van der Waals surface area contributed by atoms with Gasteiger partial charge in [-0.3, -0.25) is 9.48 Å². The molecule has 0 amide bonds. The van der Waals surface area contributed by atoms with E-state index in [2.05, 4.69) is 5.10 Å². The van der Waals surface area contributed by atoms with Crippen LogP contribution in [0.5, 0.6) is 5.75 Å². The first-order valence-corrected chi connectivity index (χ1v) is 6.03. The first kappa shape index (κ1) is 11.0. The van der Waals surface area contributed by atoms with Crippen LogP contribution in [0.3, 0.4) is 0 Å². The fourth-order valence-corrected chi connectivity index (χ4v) is 1.77. The third-order valence-electron chi connectivity index (χ3n) is 2.87. The summed E-state index contributed by atoms with van der Waals surface area (Å²) in [6.07, 6.45) is 4.32. The van der Waals surface area contributed by atoms with Crippen molar-refractivity contribution in [3.63, 3.8) is 0 Å². The standard InChI is InChI=1S/C14H14N2O2/c1-16-8-7-13(15-16)14(17)10-3-2-4-12(9-10)18-11-5-6-11/h2-4,7-9,11H,5-6H2,1H3. The second-order valence-electron chi connectivity index (χ2n) is 4.55. The molecule has 0 N–H and O–H groups in total. The molecule has 92 valence electrons. The molecular weight excluding hydrogens is 228 g/mol. The Morgan fingerprint density at radius 1 is 1.39 bits per heavy atom. The van der Waals surface area contributed by atoms with E-state index in [1.807, 2.05) is 12.1 Å². The Morgan fingerprint density at radius 3 is 2.89 bits per heavy atom. The van der Waals surface area contributed by atoms with Gasteiger partial charge in [0.15, 0.2) is 0 Å². The number of carbonyl (C=O) groups is 1. The van der Waals surface area contributed by atoms with Gasteiger partial charge in [0.25, 0.3) is 0 Å². The minimum Gasteiger partial charge on any atom is -0.490 e. The largest absolute Gasteiger partial charge is 0.490 e. The van der Waals surface area contributed by atoms with Gasteiger partial charge in [0, 0.05) is 18.8 Å². The highest BCUT2D eigenvalue weighted by Gasteiger charge is 2.23. The molecule has 1 heterocycles. The van der Waals surface area contributed by atoms with E-state index in [0.29, 0.717) is 17.4 Å². The normalized spacial score (nSPS) is 14.5. The van der Waals surface area contributed by atoms with Gasteiger partial charge < -0.3 is 4.74 Å². The lowest BCUT2D eigenvalue weighted by Gasteiger charge is -2.05. The number of carbonyl (C=O) groups excluding carboxylic acids is 1. The van der Waals surface area contributed by atoms with Crippen molar-refractivity contribution in [2.24, 2.45) is 7.05 Å². The maximum atomic E-state index is 12.2. The van der Waals surface area contributed by atoms with Crippen molar-refractivity contribution >= 4 is 5.78 Å². The summed E-state index contributed by atoms with van der Waals surface area (Å²) in [6, 6.07) is 9.02. The molecule has 3 rings (SSSR count). The second-order valence-corrected chi connectivity index (χ2v) is 4.55. The zero-order chi connectivity index (χ0) is 12.5. The first-order chi connectivity index (χ1) is 8.72. The number of hydrogen-bond acceptors (Lipinski definition) is 3. The third kappa shape index (κ3) is 2.27. The van der Waals surface area contributed by atoms with Gasteiger partial charge in [0.05, 0.1) is 6.10 Å². The topological polar surface area (TPSA) is 44.1 Å². The number of ketones is 1. The van der Waals surface area contributed by atoms with Gasteiger partial charge in [-0.15, -0.1) is 0 Å². The molecule has 0 bridgehead atoms. The Labute approximate surface area is 105 Å². The number of hydrogen-bond donors (Lipinski definition) is 0. The number of aryl methyl sites for hydroxylation is 1. The fourth-order valence-electron chi connectivity index (χ4n) is 1.77. The Bertz CT molecular complexity index is 585. The lowest BCUT2D eigenvalue weighted by molar-refractivity contribution is 0.103. The Kier molecular flexibility index (Phi) is 2.63. The summed E-state index contributed by atoms with van der Waals surface area (Å²) in [5.74, 6) is 0.691. The quantitative estimate of drug-likeness (QED) is 0.772. The highest BCUT2D eigenvalue weighted by molar-refractivity contribution is 6.07. The highest BCUT2D eigenvalue weighted by atomic mass is 16.5. The lowest BCUT2D eigenvalue weighted by Crippen LogP contribution is -2.04. The van der Waals surface area contributed by atoms with Crippen LogP contribution < -0.4 is 4.74 Å². The molecule has 1 fully saturated rings. The molecule has 0 spiro atoms. The number of ether oxygens (including phenoxy) is 1. The SMILES string of the molecule is Cn1ccc(C(=O)c2cccc(OC3CC3)c2)n1. The molecule has 1 aromatic heterocycles. The summed E-state index contributed by atoms with van der Waals surface area (Å²) in [7, 11) is 1.80. The summed E-state index contributed by atoms with van der Waals surface area (Å²) in [6.45, 7) is 0. The van der Waals surface area contributed by atoms with Crippen LogP contribution in [0, 0.1) is 0 Å². The minimum atomic E-state index is -0.0724. The van der Waals surface area contributed by atoms with Gasteiger partial charge in [0.2, 0.25) is 5.78 Å². The molecule has 0 radical (unpaired) electrons. The summed E-state index contributed by atoms with van der Waals surface area (Å²) >= 11 is 0. The van der Waals surface area contributed by atoms with E-state index >= 15 is 0 Å². The Morgan fingerprint density at radius 2 is 2.22 bits per heavy atom. The van der Waals surface area contributed by atoms with Crippen molar-refractivity contribution in [3.05, 3.63) is 47.8 Å². The Balaban J connectivity index is 1.84. The van der Waals surface area contributed by atoms with E-state index in [9.17, 15) is 4.79 Å². The molecule has 1 aliphatic rings.